The number of benzene rings is 2. The Labute approximate surface area is 134 Å². The minimum Gasteiger partial charge on any atom is -0.496 e. The predicted octanol–water partition coefficient (Wildman–Crippen LogP) is 3.96. The first-order valence-corrected chi connectivity index (χ1v) is 7.06. The lowest BCUT2D eigenvalue weighted by atomic mass is 10.0. The zero-order chi connectivity index (χ0) is 17.0. The molecule has 0 saturated carbocycles. The molecule has 0 aliphatic heterocycles. The zero-order valence-electron chi connectivity index (χ0n) is 13.2. The van der Waals surface area contributed by atoms with Crippen LogP contribution in [-0.2, 0) is 0 Å². The second-order valence-electron chi connectivity index (χ2n) is 5.21. The van der Waals surface area contributed by atoms with Gasteiger partial charge in [-0.1, -0.05) is 17.7 Å². The molecule has 0 saturated heterocycles. The quantitative estimate of drug-likeness (QED) is 0.667. The number of nitro benzene ring substituents is 1. The summed E-state index contributed by atoms with van der Waals surface area (Å²) < 4.78 is 5.36. The summed E-state index contributed by atoms with van der Waals surface area (Å²) in [6.45, 7) is 3.87. The topological polar surface area (TPSA) is 88.2 Å². The first kappa shape index (κ1) is 16.3. The molecular formula is C17H17N3O3. The van der Waals surface area contributed by atoms with Crippen molar-refractivity contribution in [3.63, 3.8) is 0 Å². The molecule has 23 heavy (non-hydrogen) atoms. The van der Waals surface area contributed by atoms with Gasteiger partial charge in [0.2, 0.25) is 0 Å². The minimum atomic E-state index is -0.497. The van der Waals surface area contributed by atoms with E-state index in [1.807, 2.05) is 38.1 Å². The van der Waals surface area contributed by atoms with Crippen molar-refractivity contribution in [2.24, 2.45) is 0 Å². The van der Waals surface area contributed by atoms with E-state index in [1.54, 1.807) is 19.2 Å². The summed E-state index contributed by atoms with van der Waals surface area (Å²) >= 11 is 0. The van der Waals surface area contributed by atoms with E-state index in [0.717, 1.165) is 11.1 Å². The van der Waals surface area contributed by atoms with Gasteiger partial charge < -0.3 is 10.1 Å². The SMILES string of the molecule is COc1ccc(C)cc1C(C)Nc1ccc(C#N)cc1[N+](=O)[O-]. The number of nitro groups is 1. The summed E-state index contributed by atoms with van der Waals surface area (Å²) in [5.74, 6) is 0.715. The highest BCUT2D eigenvalue weighted by Crippen LogP contribution is 2.32. The molecule has 0 heterocycles. The second-order valence-corrected chi connectivity index (χ2v) is 5.21. The molecule has 0 aliphatic rings. The summed E-state index contributed by atoms with van der Waals surface area (Å²) in [4.78, 5) is 10.7. The Kier molecular flexibility index (Phi) is 4.82. The molecule has 118 valence electrons. The number of hydrogen-bond donors (Lipinski definition) is 1. The van der Waals surface area contributed by atoms with Gasteiger partial charge in [-0.2, -0.15) is 5.26 Å². The van der Waals surface area contributed by atoms with E-state index in [-0.39, 0.29) is 17.3 Å². The number of nitriles is 1. The molecule has 6 heteroatoms. The van der Waals surface area contributed by atoms with Crippen LogP contribution in [0, 0.1) is 28.4 Å². The molecule has 0 fully saturated rings. The Balaban J connectivity index is 2.38. The third-order valence-electron chi connectivity index (χ3n) is 3.55. The van der Waals surface area contributed by atoms with Crippen molar-refractivity contribution in [3.05, 3.63) is 63.2 Å². The van der Waals surface area contributed by atoms with Gasteiger partial charge in [0.25, 0.3) is 5.69 Å². The average molecular weight is 311 g/mol. The van der Waals surface area contributed by atoms with Gasteiger partial charge in [0.1, 0.15) is 11.4 Å². The monoisotopic (exact) mass is 311 g/mol. The summed E-state index contributed by atoms with van der Waals surface area (Å²) in [6.07, 6.45) is 0. The summed E-state index contributed by atoms with van der Waals surface area (Å²) in [5, 5.41) is 23.2. The van der Waals surface area contributed by atoms with Crippen molar-refractivity contribution < 1.29 is 9.66 Å². The number of methoxy groups -OCH3 is 1. The molecule has 0 aromatic heterocycles. The van der Waals surface area contributed by atoms with E-state index >= 15 is 0 Å². The van der Waals surface area contributed by atoms with Crippen LogP contribution in [0.5, 0.6) is 5.75 Å². The third-order valence-corrected chi connectivity index (χ3v) is 3.55. The molecule has 0 bridgehead atoms. The normalized spacial score (nSPS) is 11.4. The molecule has 1 unspecified atom stereocenters. The van der Waals surface area contributed by atoms with Crippen LogP contribution < -0.4 is 10.1 Å². The molecule has 1 atom stereocenters. The Bertz CT molecular complexity index is 781. The van der Waals surface area contributed by atoms with E-state index in [0.29, 0.717) is 11.4 Å². The average Bonchev–Trinajstić information content (AvgIpc) is 2.54. The molecule has 0 amide bonds. The molecule has 0 spiro atoms. The lowest BCUT2D eigenvalue weighted by Gasteiger charge is -2.19. The Morgan fingerprint density at radius 1 is 1.30 bits per heavy atom. The van der Waals surface area contributed by atoms with Crippen LogP contribution in [0.1, 0.15) is 29.7 Å². The van der Waals surface area contributed by atoms with Gasteiger partial charge in [-0.3, -0.25) is 10.1 Å². The predicted molar refractivity (Wildman–Crippen MR) is 87.6 cm³/mol. The van der Waals surface area contributed by atoms with Gasteiger partial charge >= 0.3 is 0 Å². The Morgan fingerprint density at radius 3 is 2.65 bits per heavy atom. The molecule has 0 aliphatic carbocycles. The zero-order valence-corrected chi connectivity index (χ0v) is 13.2. The van der Waals surface area contributed by atoms with Gasteiger partial charge in [-0.25, -0.2) is 0 Å². The fourth-order valence-corrected chi connectivity index (χ4v) is 2.38. The van der Waals surface area contributed by atoms with Crippen LogP contribution >= 0.6 is 0 Å². The number of aryl methyl sites for hydroxylation is 1. The van der Waals surface area contributed by atoms with Gasteiger partial charge in [0, 0.05) is 11.6 Å². The lowest BCUT2D eigenvalue weighted by Crippen LogP contribution is -2.10. The lowest BCUT2D eigenvalue weighted by molar-refractivity contribution is -0.384. The van der Waals surface area contributed by atoms with Crippen molar-refractivity contribution in [3.8, 4) is 11.8 Å². The standard InChI is InChI=1S/C17H17N3O3/c1-11-4-7-17(23-3)14(8-11)12(2)19-15-6-5-13(10-18)9-16(15)20(21)22/h4-9,12,19H,1-3H3. The summed E-state index contributed by atoms with van der Waals surface area (Å²) in [5.41, 5.74) is 2.48. The smallest absolute Gasteiger partial charge is 0.293 e. The van der Waals surface area contributed by atoms with Crippen molar-refractivity contribution in [2.45, 2.75) is 19.9 Å². The van der Waals surface area contributed by atoms with Crippen LogP contribution in [0.3, 0.4) is 0 Å². The molecule has 0 radical (unpaired) electrons. The van der Waals surface area contributed by atoms with E-state index in [1.165, 1.54) is 6.07 Å². The highest BCUT2D eigenvalue weighted by atomic mass is 16.6. The number of nitrogens with zero attached hydrogens (tertiary/aromatic N) is 2. The maximum Gasteiger partial charge on any atom is 0.293 e. The molecule has 2 aromatic rings. The van der Waals surface area contributed by atoms with Gasteiger partial charge in [-0.15, -0.1) is 0 Å². The summed E-state index contributed by atoms with van der Waals surface area (Å²) in [7, 11) is 1.59. The van der Waals surface area contributed by atoms with E-state index < -0.39 is 4.92 Å². The maximum absolute atomic E-state index is 11.2. The summed E-state index contributed by atoms with van der Waals surface area (Å²) in [6, 6.07) is 11.9. The maximum atomic E-state index is 11.2. The van der Waals surface area contributed by atoms with Crippen LogP contribution in [0.15, 0.2) is 36.4 Å². The highest BCUT2D eigenvalue weighted by molar-refractivity contribution is 5.65. The molecule has 2 aromatic carbocycles. The Hall–Kier alpha value is -3.07. The fraction of sp³-hybridized carbons (Fsp3) is 0.235. The van der Waals surface area contributed by atoms with Gasteiger partial charge in [0.15, 0.2) is 0 Å². The van der Waals surface area contributed by atoms with Crippen molar-refractivity contribution >= 4 is 11.4 Å². The molecule has 2 rings (SSSR count). The number of ether oxygens (including phenoxy) is 1. The molecule has 1 N–H and O–H groups in total. The van der Waals surface area contributed by atoms with Crippen molar-refractivity contribution in [2.75, 3.05) is 12.4 Å². The van der Waals surface area contributed by atoms with E-state index in [2.05, 4.69) is 5.32 Å². The minimum absolute atomic E-state index is 0.123. The Morgan fingerprint density at radius 2 is 2.04 bits per heavy atom. The van der Waals surface area contributed by atoms with Crippen LogP contribution in [0.25, 0.3) is 0 Å². The van der Waals surface area contributed by atoms with Crippen molar-refractivity contribution in [1.82, 2.24) is 0 Å². The van der Waals surface area contributed by atoms with E-state index in [4.69, 9.17) is 10.00 Å². The van der Waals surface area contributed by atoms with Gasteiger partial charge in [-0.05, 0) is 32.0 Å². The van der Waals surface area contributed by atoms with Crippen molar-refractivity contribution in [1.29, 1.82) is 5.26 Å². The molecular weight excluding hydrogens is 294 g/mol. The first-order valence-electron chi connectivity index (χ1n) is 7.06. The number of hydrogen-bond acceptors (Lipinski definition) is 5. The number of rotatable bonds is 5. The van der Waals surface area contributed by atoms with Crippen LogP contribution in [-0.4, -0.2) is 12.0 Å². The second kappa shape index (κ2) is 6.79. The first-order chi connectivity index (χ1) is 11.0. The van der Waals surface area contributed by atoms with Crippen LogP contribution in [0.2, 0.25) is 0 Å². The fourth-order valence-electron chi connectivity index (χ4n) is 2.38. The largest absolute Gasteiger partial charge is 0.496 e. The van der Waals surface area contributed by atoms with Gasteiger partial charge in [0.05, 0.1) is 29.7 Å². The number of nitrogens with one attached hydrogen (secondary N) is 1. The number of anilines is 1. The molecule has 6 nitrogen and oxygen atoms in total. The van der Waals surface area contributed by atoms with E-state index in [9.17, 15) is 10.1 Å². The van der Waals surface area contributed by atoms with Crippen LogP contribution in [0.4, 0.5) is 11.4 Å². The third kappa shape index (κ3) is 3.58. The highest BCUT2D eigenvalue weighted by Gasteiger charge is 2.18.